The quantitative estimate of drug-likeness (QED) is 0.906. The van der Waals surface area contributed by atoms with E-state index < -0.39 is 5.82 Å². The van der Waals surface area contributed by atoms with Gasteiger partial charge in [0.2, 0.25) is 0 Å². The van der Waals surface area contributed by atoms with Gasteiger partial charge in [-0.3, -0.25) is 4.79 Å². The van der Waals surface area contributed by atoms with E-state index in [1.807, 2.05) is 6.92 Å². The lowest BCUT2D eigenvalue weighted by Crippen LogP contribution is -2.15. The Morgan fingerprint density at radius 3 is 2.80 bits per heavy atom. The number of anilines is 2. The molecule has 104 valence electrons. The summed E-state index contributed by atoms with van der Waals surface area (Å²) in [4.78, 5) is 16.0. The number of pyridine rings is 1. The monoisotopic (exact) mass is 293 g/mol. The molecule has 20 heavy (non-hydrogen) atoms. The summed E-state index contributed by atoms with van der Waals surface area (Å²) >= 11 is 5.91. The Balaban J connectivity index is 2.23. The molecule has 0 aliphatic carbocycles. The standard InChI is InChI=1S/C14H13ClFN3O/c1-2-17-12-5-3-9(15)7-11(12)14(20)19-13-6-4-10(16)8-18-13/h3-8,17H,2H2,1H3,(H,18,19,20). The SMILES string of the molecule is CCNc1ccc(Cl)cc1C(=O)Nc1ccc(F)cn1. The van der Waals surface area contributed by atoms with E-state index in [-0.39, 0.29) is 11.7 Å². The fourth-order valence-electron chi connectivity index (χ4n) is 1.68. The van der Waals surface area contributed by atoms with Gasteiger partial charge in [0.25, 0.3) is 5.91 Å². The number of nitrogens with zero attached hydrogens (tertiary/aromatic N) is 1. The van der Waals surface area contributed by atoms with E-state index in [2.05, 4.69) is 15.6 Å². The van der Waals surface area contributed by atoms with E-state index in [4.69, 9.17) is 11.6 Å². The zero-order valence-electron chi connectivity index (χ0n) is 10.8. The topological polar surface area (TPSA) is 54.0 Å². The molecule has 0 fully saturated rings. The van der Waals surface area contributed by atoms with Gasteiger partial charge in [-0.15, -0.1) is 0 Å². The fraction of sp³-hybridized carbons (Fsp3) is 0.143. The first-order valence-electron chi connectivity index (χ1n) is 6.06. The molecule has 0 unspecified atom stereocenters. The zero-order valence-corrected chi connectivity index (χ0v) is 11.5. The van der Waals surface area contributed by atoms with Crippen LogP contribution >= 0.6 is 11.6 Å². The third kappa shape index (κ3) is 3.45. The predicted octanol–water partition coefficient (Wildman–Crippen LogP) is 3.56. The highest BCUT2D eigenvalue weighted by Crippen LogP contribution is 2.21. The minimum absolute atomic E-state index is 0.277. The van der Waals surface area contributed by atoms with Crippen LogP contribution in [0.1, 0.15) is 17.3 Å². The van der Waals surface area contributed by atoms with Crippen molar-refractivity contribution in [3.05, 3.63) is 52.9 Å². The number of benzene rings is 1. The van der Waals surface area contributed by atoms with Crippen LogP contribution in [-0.2, 0) is 0 Å². The molecule has 6 heteroatoms. The number of nitrogens with one attached hydrogen (secondary N) is 2. The molecular formula is C14H13ClFN3O. The lowest BCUT2D eigenvalue weighted by atomic mass is 10.1. The van der Waals surface area contributed by atoms with Crippen LogP contribution in [0.5, 0.6) is 0 Å². The van der Waals surface area contributed by atoms with Crippen LogP contribution in [0.2, 0.25) is 5.02 Å². The second-order valence-corrected chi connectivity index (χ2v) is 4.47. The molecule has 2 rings (SSSR count). The second-order valence-electron chi connectivity index (χ2n) is 4.04. The van der Waals surface area contributed by atoms with Gasteiger partial charge in [0.05, 0.1) is 11.8 Å². The van der Waals surface area contributed by atoms with Gasteiger partial charge in [-0.1, -0.05) is 11.6 Å². The molecule has 1 aromatic heterocycles. The summed E-state index contributed by atoms with van der Waals surface area (Å²) in [5.74, 6) is -0.541. The molecule has 0 radical (unpaired) electrons. The molecule has 0 atom stereocenters. The van der Waals surface area contributed by atoms with E-state index in [9.17, 15) is 9.18 Å². The van der Waals surface area contributed by atoms with Crippen molar-refractivity contribution in [2.45, 2.75) is 6.92 Å². The average molecular weight is 294 g/mol. The molecule has 0 spiro atoms. The third-order valence-corrected chi connectivity index (χ3v) is 2.80. The van der Waals surface area contributed by atoms with E-state index in [1.54, 1.807) is 18.2 Å². The number of rotatable bonds is 4. The van der Waals surface area contributed by atoms with Crippen LogP contribution in [0.25, 0.3) is 0 Å². The van der Waals surface area contributed by atoms with Gasteiger partial charge >= 0.3 is 0 Å². The van der Waals surface area contributed by atoms with Crippen molar-refractivity contribution >= 4 is 29.0 Å². The summed E-state index contributed by atoms with van der Waals surface area (Å²) < 4.78 is 12.8. The van der Waals surface area contributed by atoms with Crippen LogP contribution in [0.15, 0.2) is 36.5 Å². The first-order valence-corrected chi connectivity index (χ1v) is 6.44. The predicted molar refractivity (Wildman–Crippen MR) is 77.8 cm³/mol. The molecule has 0 bridgehead atoms. The molecule has 0 saturated carbocycles. The first kappa shape index (κ1) is 14.3. The van der Waals surface area contributed by atoms with Crippen molar-refractivity contribution in [3.8, 4) is 0 Å². The molecule has 0 aliphatic rings. The summed E-state index contributed by atoms with van der Waals surface area (Å²) in [6.07, 6.45) is 1.04. The third-order valence-electron chi connectivity index (χ3n) is 2.56. The Bertz CT molecular complexity index is 616. The minimum Gasteiger partial charge on any atom is -0.385 e. The first-order chi connectivity index (χ1) is 9.60. The number of hydrogen-bond acceptors (Lipinski definition) is 3. The maximum atomic E-state index is 12.8. The van der Waals surface area contributed by atoms with Gasteiger partial charge in [-0.25, -0.2) is 9.37 Å². The largest absolute Gasteiger partial charge is 0.385 e. The van der Waals surface area contributed by atoms with Crippen molar-refractivity contribution < 1.29 is 9.18 Å². The van der Waals surface area contributed by atoms with Gasteiger partial charge in [-0.05, 0) is 37.3 Å². The van der Waals surface area contributed by atoms with E-state index in [0.717, 1.165) is 6.20 Å². The van der Waals surface area contributed by atoms with Gasteiger partial charge in [-0.2, -0.15) is 0 Å². The minimum atomic E-state index is -0.459. The van der Waals surface area contributed by atoms with Crippen molar-refractivity contribution in [2.24, 2.45) is 0 Å². The molecule has 0 aliphatic heterocycles. The van der Waals surface area contributed by atoms with Crippen LogP contribution in [0, 0.1) is 5.82 Å². The van der Waals surface area contributed by atoms with Crippen LogP contribution < -0.4 is 10.6 Å². The summed E-state index contributed by atoms with van der Waals surface area (Å²) in [7, 11) is 0. The van der Waals surface area contributed by atoms with E-state index in [0.29, 0.717) is 22.8 Å². The zero-order chi connectivity index (χ0) is 14.5. The number of amides is 1. The summed E-state index contributed by atoms with van der Waals surface area (Å²) in [5.41, 5.74) is 1.09. The molecule has 2 aromatic rings. The highest BCUT2D eigenvalue weighted by atomic mass is 35.5. The maximum Gasteiger partial charge on any atom is 0.258 e. The highest BCUT2D eigenvalue weighted by Gasteiger charge is 2.12. The van der Waals surface area contributed by atoms with Gasteiger partial charge < -0.3 is 10.6 Å². The number of carbonyl (C=O) groups excluding carboxylic acids is 1. The van der Waals surface area contributed by atoms with Crippen molar-refractivity contribution in [3.63, 3.8) is 0 Å². The van der Waals surface area contributed by atoms with Crippen molar-refractivity contribution in [1.29, 1.82) is 0 Å². The lowest BCUT2D eigenvalue weighted by Gasteiger charge is -2.11. The molecular weight excluding hydrogens is 281 g/mol. The van der Waals surface area contributed by atoms with E-state index >= 15 is 0 Å². The normalized spacial score (nSPS) is 10.2. The van der Waals surface area contributed by atoms with Crippen LogP contribution in [0.4, 0.5) is 15.9 Å². The Kier molecular flexibility index (Phi) is 4.53. The molecule has 1 heterocycles. The Labute approximate surface area is 121 Å². The molecule has 0 saturated heterocycles. The van der Waals surface area contributed by atoms with Crippen LogP contribution in [0.3, 0.4) is 0 Å². The van der Waals surface area contributed by atoms with Gasteiger partial charge in [0.1, 0.15) is 11.6 Å². The van der Waals surface area contributed by atoms with Crippen molar-refractivity contribution in [1.82, 2.24) is 4.98 Å². The molecule has 1 aromatic carbocycles. The van der Waals surface area contributed by atoms with E-state index in [1.165, 1.54) is 12.1 Å². The number of halogens is 2. The summed E-state index contributed by atoms with van der Waals surface area (Å²) in [6, 6.07) is 7.63. The Morgan fingerprint density at radius 1 is 1.35 bits per heavy atom. The number of hydrogen-bond donors (Lipinski definition) is 2. The summed E-state index contributed by atoms with van der Waals surface area (Å²) in [6.45, 7) is 2.61. The average Bonchev–Trinajstić information content (AvgIpc) is 2.43. The summed E-state index contributed by atoms with van der Waals surface area (Å²) in [5, 5.41) is 6.14. The Morgan fingerprint density at radius 2 is 2.15 bits per heavy atom. The number of aromatic nitrogens is 1. The second kappa shape index (κ2) is 6.34. The number of carbonyl (C=O) groups is 1. The van der Waals surface area contributed by atoms with Gasteiger partial charge in [0, 0.05) is 17.3 Å². The van der Waals surface area contributed by atoms with Crippen LogP contribution in [-0.4, -0.2) is 17.4 Å². The highest BCUT2D eigenvalue weighted by molar-refractivity contribution is 6.31. The molecule has 2 N–H and O–H groups in total. The Hall–Kier alpha value is -2.14. The lowest BCUT2D eigenvalue weighted by molar-refractivity contribution is 0.102. The molecule has 4 nitrogen and oxygen atoms in total. The van der Waals surface area contributed by atoms with Gasteiger partial charge in [0.15, 0.2) is 0 Å². The van der Waals surface area contributed by atoms with Crippen molar-refractivity contribution in [2.75, 3.05) is 17.2 Å². The fourth-order valence-corrected chi connectivity index (χ4v) is 1.85. The maximum absolute atomic E-state index is 12.8. The molecule has 1 amide bonds. The smallest absolute Gasteiger partial charge is 0.258 e.